The van der Waals surface area contributed by atoms with Crippen molar-refractivity contribution in [3.63, 3.8) is 0 Å². The third kappa shape index (κ3) is 15.8. The summed E-state index contributed by atoms with van der Waals surface area (Å²) in [5.41, 5.74) is 13.1. The number of rotatable bonds is 16. The summed E-state index contributed by atoms with van der Waals surface area (Å²) in [7, 11) is 6.73. The van der Waals surface area contributed by atoms with E-state index in [9.17, 15) is 48.9 Å². The van der Waals surface area contributed by atoms with Crippen molar-refractivity contribution in [1.82, 2.24) is 29.2 Å². The number of amides is 2. The highest BCUT2D eigenvalue weighted by Crippen LogP contribution is 2.37. The molecule has 10 rings (SSSR count). The van der Waals surface area contributed by atoms with Crippen LogP contribution in [0, 0.1) is 13.8 Å². The topological polar surface area (TPSA) is 283 Å². The maximum atomic E-state index is 12.9. The molecule has 4 heterocycles. The standard InChI is InChI=1S/C34H36N4O5.C27H22N2O6.C8H17N3O/c1-22-20-27-28(21-26(22)34(42)43-3)36-33(41)31(27)32(24-8-5-4-6-9-24)35-25-14-12-23(13-15-25)29(39)10-7-11-30(40)38-18-16-37(2)17-19-38;1-15-13-21-22(14-20(15)27(34)35-3)29(16(2)30)25(31)23(21)24(17-7-5-4-6-8-17)28-19-11-9-18(10-12-19)26(32)33;1-10-4-6-11(7-5-10)8(12)2-3-9/h4-6,8-9,12-15,20-21,36,41H,7,10-11,16-19H2,1-3H3;4-14,31H,1-3H3,(H,32,33);2-7,9H2,1H3. The number of nitrogens with one attached hydrogen (secondary N) is 1. The number of ether oxygens (including phenoxy) is 2. The van der Waals surface area contributed by atoms with Crippen LogP contribution < -0.4 is 5.73 Å². The van der Waals surface area contributed by atoms with Crippen LogP contribution in [0.15, 0.2) is 143 Å². The minimum Gasteiger partial charge on any atom is -0.494 e. The highest BCUT2D eigenvalue weighted by molar-refractivity contribution is 6.24. The zero-order chi connectivity index (χ0) is 64.8. The molecule has 2 aromatic heterocycles. The van der Waals surface area contributed by atoms with Crippen LogP contribution in [0.3, 0.4) is 0 Å². The highest BCUT2D eigenvalue weighted by Gasteiger charge is 2.28. The fraction of sp³-hybridized carbons (Fsp3) is 0.290. The number of H-pyrrole nitrogens is 1. The second-order valence-electron chi connectivity index (χ2n) is 22.0. The SMILES string of the molecule is CN1CCN(C(=O)CCN)CC1.COC(=O)c1cc2[nH]c(O)c(C(=Nc3ccc(C(=O)CCCC(=O)N4CCN(C)CC4)cc3)c3ccccc3)c2cc1C.COC(=O)c1cc2c(cc1C)c(C(=Nc1ccc(C(=O)O)cc1)c1ccccc1)c(O)n2C(C)=O. The van der Waals surface area contributed by atoms with E-state index in [2.05, 4.69) is 28.9 Å². The number of aromatic hydroxyl groups is 2. The Morgan fingerprint density at radius 2 is 1.01 bits per heavy atom. The number of aromatic carboxylic acids is 1. The van der Waals surface area contributed by atoms with Crippen molar-refractivity contribution in [2.75, 3.05) is 87.2 Å². The lowest BCUT2D eigenvalue weighted by Gasteiger charge is -2.32. The Balaban J connectivity index is 0.000000199. The van der Waals surface area contributed by atoms with E-state index in [4.69, 9.17) is 25.2 Å². The number of carbonyl (C=O) groups is 7. The van der Waals surface area contributed by atoms with E-state index in [1.54, 1.807) is 55.5 Å². The minimum absolute atomic E-state index is 0.0175. The normalized spacial score (nSPS) is 13.9. The first-order valence-electron chi connectivity index (χ1n) is 29.5. The van der Waals surface area contributed by atoms with Gasteiger partial charge in [-0.25, -0.2) is 24.4 Å². The summed E-state index contributed by atoms with van der Waals surface area (Å²) in [5, 5.41) is 32.7. The van der Waals surface area contributed by atoms with Gasteiger partial charge in [0.25, 0.3) is 0 Å². The van der Waals surface area contributed by atoms with Gasteiger partial charge < -0.3 is 55.1 Å². The number of methoxy groups -OCH3 is 2. The number of likely N-dealkylation sites (N-methyl/N-ethyl adjacent to an activating group) is 2. The molecule has 0 atom stereocenters. The van der Waals surface area contributed by atoms with Gasteiger partial charge in [-0.1, -0.05) is 60.7 Å². The molecule has 6 aromatic carbocycles. The van der Waals surface area contributed by atoms with Crippen LogP contribution in [-0.4, -0.2) is 185 Å². The van der Waals surface area contributed by atoms with E-state index in [0.29, 0.717) is 116 Å². The number of benzene rings is 6. The molecule has 90 heavy (non-hydrogen) atoms. The number of hydrogen-bond acceptors (Lipinski definition) is 16. The van der Waals surface area contributed by atoms with Gasteiger partial charge in [0.2, 0.25) is 23.6 Å². The second-order valence-corrected chi connectivity index (χ2v) is 22.0. The van der Waals surface area contributed by atoms with Crippen LogP contribution in [0.2, 0.25) is 0 Å². The van der Waals surface area contributed by atoms with Crippen molar-refractivity contribution in [3.05, 3.63) is 189 Å². The number of carboxylic acids is 1. The van der Waals surface area contributed by atoms with Gasteiger partial charge in [-0.2, -0.15) is 0 Å². The molecular formula is C69H75N9O12. The Morgan fingerprint density at radius 1 is 0.556 bits per heavy atom. The molecule has 0 saturated carbocycles. The number of carbonyl (C=O) groups excluding carboxylic acids is 6. The molecule has 0 spiro atoms. The fourth-order valence-corrected chi connectivity index (χ4v) is 10.7. The molecule has 0 unspecified atom stereocenters. The summed E-state index contributed by atoms with van der Waals surface area (Å²) >= 11 is 0. The molecule has 2 fully saturated rings. The van der Waals surface area contributed by atoms with Crippen molar-refractivity contribution in [2.45, 2.75) is 46.5 Å². The van der Waals surface area contributed by atoms with E-state index >= 15 is 0 Å². The van der Waals surface area contributed by atoms with Crippen LogP contribution in [0.4, 0.5) is 11.4 Å². The van der Waals surface area contributed by atoms with Gasteiger partial charge in [0.15, 0.2) is 11.7 Å². The predicted octanol–water partition coefficient (Wildman–Crippen LogP) is 9.34. The van der Waals surface area contributed by atoms with E-state index in [0.717, 1.165) is 62.5 Å². The Hall–Kier alpha value is -10.1. The van der Waals surface area contributed by atoms with Crippen molar-refractivity contribution in [3.8, 4) is 11.8 Å². The van der Waals surface area contributed by atoms with Crippen molar-refractivity contribution in [2.24, 2.45) is 15.7 Å². The number of esters is 2. The molecule has 2 aliphatic heterocycles. The molecule has 0 aliphatic carbocycles. The monoisotopic (exact) mass is 1220 g/mol. The van der Waals surface area contributed by atoms with Gasteiger partial charge >= 0.3 is 17.9 Å². The summed E-state index contributed by atoms with van der Waals surface area (Å²) in [6.45, 7) is 12.2. The first kappa shape index (κ1) is 65.9. The molecule has 21 heteroatoms. The zero-order valence-electron chi connectivity index (χ0n) is 51.6. The molecule has 8 aromatic rings. The molecule has 21 nitrogen and oxygen atoms in total. The van der Waals surface area contributed by atoms with E-state index in [-0.39, 0.29) is 40.5 Å². The number of aryl methyl sites for hydroxylation is 2. The number of ketones is 1. The quantitative estimate of drug-likeness (QED) is 0.0342. The number of aromatic amines is 1. The molecule has 2 aliphatic rings. The molecule has 2 saturated heterocycles. The van der Waals surface area contributed by atoms with Crippen molar-refractivity contribution in [1.29, 1.82) is 0 Å². The average Bonchev–Trinajstić information content (AvgIpc) is 1.60. The summed E-state index contributed by atoms with van der Waals surface area (Å²) in [5.74, 6) is -2.62. The number of fused-ring (bicyclic) bond motifs is 2. The zero-order valence-corrected chi connectivity index (χ0v) is 51.6. The number of Topliss-reactive ketones (excluding diaryl/α,β-unsaturated/α-hetero) is 1. The van der Waals surface area contributed by atoms with Gasteiger partial charge in [-0.15, -0.1) is 0 Å². The van der Waals surface area contributed by atoms with E-state index in [1.165, 1.54) is 39.3 Å². The predicted molar refractivity (Wildman–Crippen MR) is 345 cm³/mol. The molecule has 0 radical (unpaired) electrons. The minimum atomic E-state index is -1.05. The maximum Gasteiger partial charge on any atom is 0.338 e. The number of aromatic nitrogens is 2. The number of nitrogens with zero attached hydrogens (tertiary/aromatic N) is 7. The van der Waals surface area contributed by atoms with Crippen LogP contribution in [0.25, 0.3) is 21.8 Å². The number of hydrogen-bond donors (Lipinski definition) is 5. The third-order valence-corrected chi connectivity index (χ3v) is 15.8. The largest absolute Gasteiger partial charge is 0.494 e. The highest BCUT2D eigenvalue weighted by atomic mass is 16.5. The number of carboxylic acid groups (broad SMARTS) is 1. The van der Waals surface area contributed by atoms with Gasteiger partial charge in [0.1, 0.15) is 0 Å². The molecular weight excluding hydrogens is 1150 g/mol. The molecule has 0 bridgehead atoms. The summed E-state index contributed by atoms with van der Waals surface area (Å²) in [6.07, 6.45) is 1.67. The van der Waals surface area contributed by atoms with Crippen molar-refractivity contribution < 1.29 is 58.4 Å². The van der Waals surface area contributed by atoms with E-state index < -0.39 is 23.8 Å². The molecule has 6 N–H and O–H groups in total. The first-order valence-corrected chi connectivity index (χ1v) is 29.5. The third-order valence-electron chi connectivity index (χ3n) is 15.8. The lowest BCUT2D eigenvalue weighted by molar-refractivity contribution is -0.133. The lowest BCUT2D eigenvalue weighted by atomic mass is 9.98. The number of piperazine rings is 2. The van der Waals surface area contributed by atoms with Crippen LogP contribution in [0.5, 0.6) is 11.8 Å². The van der Waals surface area contributed by atoms with Crippen LogP contribution in [0.1, 0.15) is 112 Å². The first-order chi connectivity index (χ1) is 43.2. The average molecular weight is 1220 g/mol. The number of aliphatic imine (C=N–C) groups is 2. The number of nitrogens with two attached hydrogens (primary N) is 1. The van der Waals surface area contributed by atoms with Gasteiger partial charge in [0, 0.05) is 118 Å². The molecule has 2 amide bonds. The Labute approximate surface area is 521 Å². The maximum absolute atomic E-state index is 12.9. The summed E-state index contributed by atoms with van der Waals surface area (Å²) in [6, 6.07) is 38.4. The molecule has 468 valence electrons. The van der Waals surface area contributed by atoms with Crippen LogP contribution in [-0.2, 0) is 19.1 Å². The Morgan fingerprint density at radius 3 is 1.48 bits per heavy atom. The lowest BCUT2D eigenvalue weighted by Crippen LogP contribution is -2.47. The van der Waals surface area contributed by atoms with Gasteiger partial charge in [0.05, 0.1) is 70.4 Å². The summed E-state index contributed by atoms with van der Waals surface area (Å²) in [4.78, 5) is 106. The smallest absolute Gasteiger partial charge is 0.338 e. The fourth-order valence-electron chi connectivity index (χ4n) is 10.7. The van der Waals surface area contributed by atoms with Crippen molar-refractivity contribution >= 4 is 86.0 Å². The van der Waals surface area contributed by atoms with Gasteiger partial charge in [-0.05, 0) is 118 Å². The summed E-state index contributed by atoms with van der Waals surface area (Å²) < 4.78 is 10.9. The van der Waals surface area contributed by atoms with Gasteiger partial charge in [-0.3, -0.25) is 23.7 Å². The van der Waals surface area contributed by atoms with Crippen LogP contribution >= 0.6 is 0 Å². The second kappa shape index (κ2) is 30.2. The Kier molecular flexibility index (Phi) is 22.1. The van der Waals surface area contributed by atoms with E-state index in [1.807, 2.05) is 83.5 Å². The Bertz CT molecular complexity index is 3990.